The quantitative estimate of drug-likeness (QED) is 0.737. The molecule has 21 heavy (non-hydrogen) atoms. The largest absolute Gasteiger partial charge is 0.374 e. The van der Waals surface area contributed by atoms with Crippen molar-refractivity contribution in [1.82, 2.24) is 4.98 Å². The summed E-state index contributed by atoms with van der Waals surface area (Å²) in [6.45, 7) is 0. The van der Waals surface area contributed by atoms with Gasteiger partial charge in [-0.3, -0.25) is 4.98 Å². The van der Waals surface area contributed by atoms with E-state index >= 15 is 0 Å². The van der Waals surface area contributed by atoms with Gasteiger partial charge in [0.25, 0.3) is 0 Å². The first-order chi connectivity index (χ1) is 10.3. The number of rotatable bonds is 4. The molecule has 0 aliphatic carbocycles. The Balaban J connectivity index is 1.97. The van der Waals surface area contributed by atoms with Crippen molar-refractivity contribution in [2.75, 3.05) is 5.32 Å². The van der Waals surface area contributed by atoms with Crippen LogP contribution in [0.2, 0.25) is 5.02 Å². The molecule has 0 spiro atoms. The number of nitrogens with zero attached hydrogens (tertiary/aromatic N) is 1. The number of aromatic nitrogens is 1. The predicted molar refractivity (Wildman–Crippen MR) is 87.6 cm³/mol. The van der Waals surface area contributed by atoms with Crippen LogP contribution in [-0.2, 0) is 0 Å². The van der Waals surface area contributed by atoms with Gasteiger partial charge in [-0.2, -0.15) is 0 Å². The molecule has 3 rings (SSSR count). The van der Waals surface area contributed by atoms with Gasteiger partial charge >= 0.3 is 0 Å². The molecule has 0 aliphatic rings. The first-order valence-electron chi connectivity index (χ1n) is 6.80. The van der Waals surface area contributed by atoms with Crippen LogP contribution in [0.1, 0.15) is 17.2 Å². The highest BCUT2D eigenvalue weighted by molar-refractivity contribution is 6.30. The summed E-state index contributed by atoms with van der Waals surface area (Å²) < 4.78 is 0. The van der Waals surface area contributed by atoms with Gasteiger partial charge in [-0.15, -0.1) is 0 Å². The molecule has 3 aromatic rings. The first-order valence-corrected chi connectivity index (χ1v) is 7.18. The maximum Gasteiger partial charge on any atom is 0.0768 e. The Hall–Kier alpha value is -2.32. The van der Waals surface area contributed by atoms with E-state index in [1.807, 2.05) is 67.0 Å². The van der Waals surface area contributed by atoms with Crippen LogP contribution in [0.15, 0.2) is 79.1 Å². The molecule has 2 nitrogen and oxygen atoms in total. The van der Waals surface area contributed by atoms with Crippen molar-refractivity contribution in [3.05, 3.63) is 95.3 Å². The van der Waals surface area contributed by atoms with Crippen LogP contribution in [0.25, 0.3) is 0 Å². The average Bonchev–Trinajstić information content (AvgIpc) is 2.54. The van der Waals surface area contributed by atoms with Gasteiger partial charge in [0.1, 0.15) is 0 Å². The van der Waals surface area contributed by atoms with Crippen LogP contribution in [-0.4, -0.2) is 4.98 Å². The minimum absolute atomic E-state index is 0.0627. The van der Waals surface area contributed by atoms with Gasteiger partial charge in [0.15, 0.2) is 0 Å². The van der Waals surface area contributed by atoms with E-state index in [2.05, 4.69) is 22.4 Å². The minimum Gasteiger partial charge on any atom is -0.374 e. The third kappa shape index (κ3) is 3.41. The van der Waals surface area contributed by atoms with E-state index in [-0.39, 0.29) is 6.04 Å². The standard InChI is InChI=1S/C18H15ClN2/c19-16-7-4-8-17(13-16)21-18(14-5-2-1-3-6-14)15-9-11-20-12-10-15/h1-13,18,21H. The normalized spacial score (nSPS) is 11.9. The Bertz CT molecular complexity index is 659. The summed E-state index contributed by atoms with van der Waals surface area (Å²) in [6.07, 6.45) is 3.62. The Morgan fingerprint density at radius 2 is 1.52 bits per heavy atom. The smallest absolute Gasteiger partial charge is 0.0768 e. The average molecular weight is 295 g/mol. The van der Waals surface area contributed by atoms with Gasteiger partial charge < -0.3 is 5.32 Å². The molecule has 1 atom stereocenters. The summed E-state index contributed by atoms with van der Waals surface area (Å²) in [5, 5.41) is 4.26. The lowest BCUT2D eigenvalue weighted by molar-refractivity contribution is 0.934. The van der Waals surface area contributed by atoms with Gasteiger partial charge in [-0.05, 0) is 41.5 Å². The number of hydrogen-bond acceptors (Lipinski definition) is 2. The molecule has 0 saturated carbocycles. The molecule has 104 valence electrons. The van der Waals surface area contributed by atoms with Crippen molar-refractivity contribution < 1.29 is 0 Å². The van der Waals surface area contributed by atoms with Crippen LogP contribution in [0.4, 0.5) is 5.69 Å². The number of hydrogen-bond donors (Lipinski definition) is 1. The molecule has 1 aromatic heterocycles. The summed E-state index contributed by atoms with van der Waals surface area (Å²) in [4.78, 5) is 4.09. The van der Waals surface area contributed by atoms with Crippen molar-refractivity contribution in [1.29, 1.82) is 0 Å². The Labute approximate surface area is 129 Å². The van der Waals surface area contributed by atoms with Crippen LogP contribution in [0.3, 0.4) is 0 Å². The zero-order valence-corrected chi connectivity index (χ0v) is 12.2. The minimum atomic E-state index is 0.0627. The van der Waals surface area contributed by atoms with Gasteiger partial charge in [0.2, 0.25) is 0 Å². The third-order valence-electron chi connectivity index (χ3n) is 3.31. The van der Waals surface area contributed by atoms with Crippen LogP contribution in [0.5, 0.6) is 0 Å². The van der Waals surface area contributed by atoms with Crippen molar-refractivity contribution in [3.63, 3.8) is 0 Å². The second-order valence-electron chi connectivity index (χ2n) is 4.78. The van der Waals surface area contributed by atoms with E-state index in [1.54, 1.807) is 0 Å². The molecular formula is C18H15ClN2. The predicted octanol–water partition coefficient (Wildman–Crippen LogP) is 4.94. The van der Waals surface area contributed by atoms with E-state index in [0.29, 0.717) is 0 Å². The van der Waals surface area contributed by atoms with E-state index in [9.17, 15) is 0 Å². The lowest BCUT2D eigenvalue weighted by atomic mass is 9.99. The second kappa shape index (κ2) is 6.42. The SMILES string of the molecule is Clc1cccc(NC(c2ccccc2)c2ccncc2)c1. The van der Waals surface area contributed by atoms with E-state index in [4.69, 9.17) is 11.6 Å². The maximum atomic E-state index is 6.07. The summed E-state index contributed by atoms with van der Waals surface area (Å²) in [7, 11) is 0. The Morgan fingerprint density at radius 3 is 2.24 bits per heavy atom. The van der Waals surface area contributed by atoms with Gasteiger partial charge in [0.05, 0.1) is 6.04 Å². The highest BCUT2D eigenvalue weighted by Gasteiger charge is 2.13. The zero-order chi connectivity index (χ0) is 14.5. The molecule has 3 heteroatoms. The molecule has 0 amide bonds. The number of benzene rings is 2. The molecule has 1 N–H and O–H groups in total. The molecule has 0 bridgehead atoms. The maximum absolute atomic E-state index is 6.07. The zero-order valence-electron chi connectivity index (χ0n) is 11.4. The van der Waals surface area contributed by atoms with Crippen molar-refractivity contribution in [3.8, 4) is 0 Å². The summed E-state index contributed by atoms with van der Waals surface area (Å²) in [5.41, 5.74) is 3.35. The van der Waals surface area contributed by atoms with Crippen molar-refractivity contribution in [2.45, 2.75) is 6.04 Å². The van der Waals surface area contributed by atoms with Gasteiger partial charge in [-0.25, -0.2) is 0 Å². The molecule has 2 aromatic carbocycles. The van der Waals surface area contributed by atoms with Crippen LogP contribution in [0, 0.1) is 0 Å². The monoisotopic (exact) mass is 294 g/mol. The fourth-order valence-electron chi connectivity index (χ4n) is 2.31. The molecule has 0 radical (unpaired) electrons. The lowest BCUT2D eigenvalue weighted by Crippen LogP contribution is -2.12. The second-order valence-corrected chi connectivity index (χ2v) is 5.22. The molecule has 1 unspecified atom stereocenters. The molecule has 0 fully saturated rings. The van der Waals surface area contributed by atoms with E-state index < -0.39 is 0 Å². The molecule has 0 aliphatic heterocycles. The first kappa shape index (κ1) is 13.7. The van der Waals surface area contributed by atoms with Gasteiger partial charge in [-0.1, -0.05) is 48.0 Å². The van der Waals surface area contributed by atoms with Crippen LogP contribution >= 0.6 is 11.6 Å². The number of anilines is 1. The lowest BCUT2D eigenvalue weighted by Gasteiger charge is -2.21. The van der Waals surface area contributed by atoms with Crippen molar-refractivity contribution in [2.24, 2.45) is 0 Å². The highest BCUT2D eigenvalue weighted by atomic mass is 35.5. The highest BCUT2D eigenvalue weighted by Crippen LogP contribution is 2.27. The van der Waals surface area contributed by atoms with Crippen LogP contribution < -0.4 is 5.32 Å². The summed E-state index contributed by atoms with van der Waals surface area (Å²) in [6, 6.07) is 22.2. The number of nitrogens with one attached hydrogen (secondary N) is 1. The number of halogens is 1. The Kier molecular flexibility index (Phi) is 4.17. The Morgan fingerprint density at radius 1 is 0.810 bits per heavy atom. The topological polar surface area (TPSA) is 24.9 Å². The fraction of sp³-hybridized carbons (Fsp3) is 0.0556. The van der Waals surface area contributed by atoms with Crippen molar-refractivity contribution >= 4 is 17.3 Å². The number of pyridine rings is 1. The summed E-state index contributed by atoms with van der Waals surface area (Å²) >= 11 is 6.07. The fourth-order valence-corrected chi connectivity index (χ4v) is 2.50. The van der Waals surface area contributed by atoms with E-state index in [0.717, 1.165) is 16.3 Å². The van der Waals surface area contributed by atoms with E-state index in [1.165, 1.54) is 5.56 Å². The summed E-state index contributed by atoms with van der Waals surface area (Å²) in [5.74, 6) is 0. The van der Waals surface area contributed by atoms with Gasteiger partial charge in [0, 0.05) is 23.1 Å². The third-order valence-corrected chi connectivity index (χ3v) is 3.54. The molecular weight excluding hydrogens is 280 g/mol. The molecule has 0 saturated heterocycles. The molecule has 1 heterocycles.